The van der Waals surface area contributed by atoms with Crippen molar-refractivity contribution in [1.29, 1.82) is 0 Å². The highest BCUT2D eigenvalue weighted by Gasteiger charge is 2.31. The van der Waals surface area contributed by atoms with Crippen molar-refractivity contribution in [2.75, 3.05) is 72.0 Å². The number of rotatable bonds is 5. The highest BCUT2D eigenvalue weighted by Crippen LogP contribution is 2.16. The topological polar surface area (TPSA) is 37.4 Å². The van der Waals surface area contributed by atoms with Crippen LogP contribution >= 0.6 is 24.0 Å². The van der Waals surface area contributed by atoms with E-state index in [-0.39, 0.29) is 24.0 Å². The van der Waals surface area contributed by atoms with Gasteiger partial charge in [-0.05, 0) is 12.5 Å². The van der Waals surface area contributed by atoms with Gasteiger partial charge in [-0.2, -0.15) is 0 Å². The van der Waals surface area contributed by atoms with Crippen molar-refractivity contribution in [2.45, 2.75) is 19.5 Å². The highest BCUT2D eigenvalue weighted by atomic mass is 127. The highest BCUT2D eigenvalue weighted by molar-refractivity contribution is 14.0. The van der Waals surface area contributed by atoms with Crippen LogP contribution in [0.4, 0.5) is 0 Å². The van der Waals surface area contributed by atoms with Crippen molar-refractivity contribution in [3.63, 3.8) is 0 Å². The van der Waals surface area contributed by atoms with Gasteiger partial charge in [-0.1, -0.05) is 30.3 Å². The van der Waals surface area contributed by atoms with Crippen LogP contribution < -0.4 is 5.32 Å². The molecule has 4 aliphatic rings. The SMILES string of the molecule is CCNC(=NCC1CN2CCN1CC2)N1CCN(Cc2ccccc2)CC1.I. The third kappa shape index (κ3) is 5.58. The molecule has 2 bridgehead atoms. The fraction of sp³-hybridized carbons (Fsp3) is 0.667. The maximum absolute atomic E-state index is 5.03. The van der Waals surface area contributed by atoms with Gasteiger partial charge in [-0.25, -0.2) is 0 Å². The van der Waals surface area contributed by atoms with E-state index < -0.39 is 0 Å². The summed E-state index contributed by atoms with van der Waals surface area (Å²) in [5.74, 6) is 1.11. The number of fused-ring (bicyclic) bond motifs is 3. The summed E-state index contributed by atoms with van der Waals surface area (Å²) >= 11 is 0. The molecule has 1 unspecified atom stereocenters. The summed E-state index contributed by atoms with van der Waals surface area (Å²) in [6.07, 6.45) is 0. The lowest BCUT2D eigenvalue weighted by Gasteiger charge is -2.47. The summed E-state index contributed by atoms with van der Waals surface area (Å²) in [5.41, 5.74) is 1.41. The van der Waals surface area contributed by atoms with Crippen LogP contribution in [0.15, 0.2) is 35.3 Å². The first kappa shape index (κ1) is 21.8. The average Bonchev–Trinajstić information content (AvgIpc) is 2.73. The monoisotopic (exact) mass is 498 g/mol. The molecular formula is C21H35IN6. The first-order valence-electron chi connectivity index (χ1n) is 10.6. The van der Waals surface area contributed by atoms with Crippen LogP contribution in [0.1, 0.15) is 12.5 Å². The number of hydrogen-bond acceptors (Lipinski definition) is 4. The molecule has 1 N–H and O–H groups in total. The molecule has 28 heavy (non-hydrogen) atoms. The van der Waals surface area contributed by atoms with E-state index in [2.05, 4.69) is 62.2 Å². The van der Waals surface area contributed by atoms with Gasteiger partial charge in [-0.15, -0.1) is 24.0 Å². The van der Waals surface area contributed by atoms with Crippen molar-refractivity contribution in [1.82, 2.24) is 24.9 Å². The lowest BCUT2D eigenvalue weighted by atomic mass is 10.1. The minimum Gasteiger partial charge on any atom is -0.357 e. The maximum Gasteiger partial charge on any atom is 0.194 e. The van der Waals surface area contributed by atoms with Gasteiger partial charge in [-0.3, -0.25) is 19.7 Å². The standard InChI is InChI=1S/C21H34N6.HI/c1-2-22-21(23-16-20-18-25-8-12-26(20)13-9-25)27-14-10-24(11-15-27)17-19-6-4-3-5-7-19;/h3-7,20H,2,8-18H2,1H3,(H,22,23);1H. The van der Waals surface area contributed by atoms with Crippen LogP contribution in [0.5, 0.6) is 0 Å². The van der Waals surface area contributed by atoms with Crippen molar-refractivity contribution in [3.05, 3.63) is 35.9 Å². The summed E-state index contributed by atoms with van der Waals surface area (Å²) in [6, 6.07) is 11.4. The van der Waals surface area contributed by atoms with Crippen LogP contribution in [-0.2, 0) is 6.54 Å². The van der Waals surface area contributed by atoms with Gasteiger partial charge in [0.1, 0.15) is 0 Å². The summed E-state index contributed by atoms with van der Waals surface area (Å²) in [7, 11) is 0. The number of guanidine groups is 1. The second-order valence-electron chi connectivity index (χ2n) is 7.93. The van der Waals surface area contributed by atoms with E-state index in [1.165, 1.54) is 38.3 Å². The van der Waals surface area contributed by atoms with E-state index in [1.54, 1.807) is 0 Å². The van der Waals surface area contributed by atoms with Gasteiger partial charge in [0.05, 0.1) is 6.54 Å². The molecule has 6 nitrogen and oxygen atoms in total. The van der Waals surface area contributed by atoms with E-state index in [1.807, 2.05) is 0 Å². The average molecular weight is 498 g/mol. The third-order valence-electron chi connectivity index (χ3n) is 6.10. The van der Waals surface area contributed by atoms with Crippen molar-refractivity contribution < 1.29 is 0 Å². The number of benzene rings is 1. The van der Waals surface area contributed by atoms with E-state index >= 15 is 0 Å². The minimum absolute atomic E-state index is 0. The second kappa shape index (κ2) is 10.8. The Labute approximate surface area is 187 Å². The number of halogens is 1. The Balaban J connectivity index is 0.00000225. The van der Waals surface area contributed by atoms with Crippen molar-refractivity contribution in [2.24, 2.45) is 4.99 Å². The van der Waals surface area contributed by atoms with E-state index in [4.69, 9.17) is 4.99 Å². The van der Waals surface area contributed by atoms with E-state index in [0.717, 1.165) is 51.8 Å². The van der Waals surface area contributed by atoms with Crippen molar-refractivity contribution in [3.8, 4) is 0 Å². The molecule has 0 amide bonds. The Morgan fingerprint density at radius 2 is 1.71 bits per heavy atom. The fourth-order valence-electron chi connectivity index (χ4n) is 4.47. The molecule has 1 aromatic carbocycles. The molecule has 0 aliphatic carbocycles. The molecule has 0 saturated carbocycles. The van der Waals surface area contributed by atoms with E-state index in [9.17, 15) is 0 Å². The molecule has 1 aromatic rings. The summed E-state index contributed by atoms with van der Waals surface area (Å²) in [4.78, 5) is 15.3. The predicted molar refractivity (Wildman–Crippen MR) is 126 cm³/mol. The zero-order valence-electron chi connectivity index (χ0n) is 17.1. The molecule has 156 valence electrons. The number of hydrogen-bond donors (Lipinski definition) is 1. The Morgan fingerprint density at radius 1 is 1.00 bits per heavy atom. The van der Waals surface area contributed by atoms with Gasteiger partial charge in [0.15, 0.2) is 5.96 Å². The normalized spacial score (nSPS) is 28.1. The largest absolute Gasteiger partial charge is 0.357 e. The molecule has 0 radical (unpaired) electrons. The first-order valence-corrected chi connectivity index (χ1v) is 10.6. The minimum atomic E-state index is 0. The smallest absolute Gasteiger partial charge is 0.194 e. The Bertz CT molecular complexity index is 609. The van der Waals surface area contributed by atoms with Gasteiger partial charge in [0.2, 0.25) is 0 Å². The van der Waals surface area contributed by atoms with Crippen LogP contribution in [0.25, 0.3) is 0 Å². The zero-order chi connectivity index (χ0) is 18.5. The molecule has 4 heterocycles. The van der Waals surface area contributed by atoms with Crippen LogP contribution in [0.2, 0.25) is 0 Å². The number of piperazine rings is 4. The number of nitrogens with zero attached hydrogens (tertiary/aromatic N) is 5. The summed E-state index contributed by atoms with van der Waals surface area (Å²) in [5, 5.41) is 3.53. The summed E-state index contributed by atoms with van der Waals surface area (Å²) in [6.45, 7) is 15.5. The molecule has 4 fully saturated rings. The van der Waals surface area contributed by atoms with Crippen LogP contribution in [-0.4, -0.2) is 104 Å². The lowest BCUT2D eigenvalue weighted by Crippen LogP contribution is -2.62. The molecule has 4 aliphatic heterocycles. The lowest BCUT2D eigenvalue weighted by molar-refractivity contribution is 0.0173. The molecule has 0 aromatic heterocycles. The quantitative estimate of drug-likeness (QED) is 0.378. The van der Waals surface area contributed by atoms with Gasteiger partial charge in [0, 0.05) is 78.0 Å². The fourth-order valence-corrected chi connectivity index (χ4v) is 4.47. The molecular weight excluding hydrogens is 463 g/mol. The number of nitrogens with one attached hydrogen (secondary N) is 1. The van der Waals surface area contributed by atoms with Gasteiger partial charge in [0.25, 0.3) is 0 Å². The Kier molecular flexibility index (Phi) is 8.37. The van der Waals surface area contributed by atoms with Crippen LogP contribution in [0, 0.1) is 0 Å². The zero-order valence-corrected chi connectivity index (χ0v) is 19.4. The number of aliphatic imine (C=N–C) groups is 1. The van der Waals surface area contributed by atoms with Gasteiger partial charge >= 0.3 is 0 Å². The van der Waals surface area contributed by atoms with E-state index in [0.29, 0.717) is 6.04 Å². The molecule has 5 rings (SSSR count). The van der Waals surface area contributed by atoms with Gasteiger partial charge < -0.3 is 10.2 Å². The molecule has 7 heteroatoms. The summed E-state index contributed by atoms with van der Waals surface area (Å²) < 4.78 is 0. The van der Waals surface area contributed by atoms with Crippen molar-refractivity contribution >= 4 is 29.9 Å². The molecule has 1 atom stereocenters. The predicted octanol–water partition coefficient (Wildman–Crippen LogP) is 1.39. The third-order valence-corrected chi connectivity index (χ3v) is 6.10. The molecule has 0 spiro atoms. The second-order valence-corrected chi connectivity index (χ2v) is 7.93. The maximum atomic E-state index is 5.03. The van der Waals surface area contributed by atoms with Crippen LogP contribution in [0.3, 0.4) is 0 Å². The Morgan fingerprint density at radius 3 is 2.32 bits per heavy atom. The first-order chi connectivity index (χ1) is 13.3. The Hall–Kier alpha value is -0.900. The molecule has 4 saturated heterocycles.